The molecule has 0 saturated carbocycles. The summed E-state index contributed by atoms with van der Waals surface area (Å²) in [6, 6.07) is 6.70. The minimum Gasteiger partial charge on any atom is -0.480 e. The highest BCUT2D eigenvalue weighted by molar-refractivity contribution is 5.83. The van der Waals surface area contributed by atoms with Crippen molar-refractivity contribution in [2.24, 2.45) is 0 Å². The monoisotopic (exact) mass is 290 g/mol. The molecule has 114 valence electrons. The van der Waals surface area contributed by atoms with Crippen molar-refractivity contribution in [2.45, 2.75) is 51.7 Å². The lowest BCUT2D eigenvalue weighted by molar-refractivity contribution is -0.142. The Balaban J connectivity index is 2.20. The van der Waals surface area contributed by atoms with Gasteiger partial charge < -0.3 is 15.3 Å². The van der Waals surface area contributed by atoms with Gasteiger partial charge in [-0.3, -0.25) is 0 Å². The van der Waals surface area contributed by atoms with E-state index in [1.807, 2.05) is 38.1 Å². The van der Waals surface area contributed by atoms with E-state index in [9.17, 15) is 14.7 Å². The molecule has 1 atom stereocenters. The molecule has 21 heavy (non-hydrogen) atoms. The van der Waals surface area contributed by atoms with Gasteiger partial charge in [-0.15, -0.1) is 0 Å². The van der Waals surface area contributed by atoms with Crippen LogP contribution in [0.1, 0.15) is 37.8 Å². The molecule has 0 spiro atoms. The Morgan fingerprint density at radius 1 is 1.29 bits per heavy atom. The first-order valence-electron chi connectivity index (χ1n) is 7.43. The highest BCUT2D eigenvalue weighted by Crippen LogP contribution is 2.23. The second-order valence-corrected chi connectivity index (χ2v) is 5.42. The van der Waals surface area contributed by atoms with E-state index < -0.39 is 12.0 Å². The maximum Gasteiger partial charge on any atom is 0.326 e. The van der Waals surface area contributed by atoms with Gasteiger partial charge in [-0.25, -0.2) is 9.59 Å². The maximum absolute atomic E-state index is 12.4. The van der Waals surface area contributed by atoms with Gasteiger partial charge in [0.25, 0.3) is 0 Å². The average Bonchev–Trinajstić information content (AvgIpc) is 2.50. The summed E-state index contributed by atoms with van der Waals surface area (Å²) >= 11 is 0. The number of hydrogen-bond acceptors (Lipinski definition) is 2. The van der Waals surface area contributed by atoms with Gasteiger partial charge in [0.05, 0.1) is 0 Å². The highest BCUT2D eigenvalue weighted by atomic mass is 16.4. The largest absolute Gasteiger partial charge is 0.480 e. The zero-order chi connectivity index (χ0) is 15.4. The zero-order valence-corrected chi connectivity index (χ0v) is 12.5. The number of benzene rings is 1. The predicted octanol–water partition coefficient (Wildman–Crippen LogP) is 2.40. The topological polar surface area (TPSA) is 69.6 Å². The molecule has 5 heteroatoms. The summed E-state index contributed by atoms with van der Waals surface area (Å²) in [6.45, 7) is 4.36. The van der Waals surface area contributed by atoms with Gasteiger partial charge >= 0.3 is 12.0 Å². The van der Waals surface area contributed by atoms with Crippen molar-refractivity contribution in [3.8, 4) is 0 Å². The number of fused-ring (bicyclic) bond motifs is 1. The molecule has 0 unspecified atom stereocenters. The normalized spacial score (nSPS) is 17.5. The van der Waals surface area contributed by atoms with Crippen molar-refractivity contribution in [1.29, 1.82) is 0 Å². The Bertz CT molecular complexity index is 526. The molecule has 0 bridgehead atoms. The van der Waals surface area contributed by atoms with Crippen LogP contribution in [0.2, 0.25) is 0 Å². The fourth-order valence-corrected chi connectivity index (χ4v) is 2.71. The lowest BCUT2D eigenvalue weighted by atomic mass is 9.94. The number of carboxylic acids is 1. The molecular weight excluding hydrogens is 268 g/mol. The highest BCUT2D eigenvalue weighted by Gasteiger charge is 2.34. The Morgan fingerprint density at radius 2 is 1.90 bits per heavy atom. The summed E-state index contributed by atoms with van der Waals surface area (Å²) < 4.78 is 0. The smallest absolute Gasteiger partial charge is 0.326 e. The van der Waals surface area contributed by atoms with E-state index in [2.05, 4.69) is 5.32 Å². The van der Waals surface area contributed by atoms with Gasteiger partial charge in [-0.1, -0.05) is 38.1 Å². The van der Waals surface area contributed by atoms with Crippen LogP contribution in [0.5, 0.6) is 0 Å². The third-order valence-electron chi connectivity index (χ3n) is 4.11. The third-order valence-corrected chi connectivity index (χ3v) is 4.11. The van der Waals surface area contributed by atoms with Crippen LogP contribution in [0.15, 0.2) is 24.3 Å². The van der Waals surface area contributed by atoms with Crippen molar-refractivity contribution in [3.63, 3.8) is 0 Å². The molecule has 1 aromatic rings. The van der Waals surface area contributed by atoms with Crippen LogP contribution in [-0.4, -0.2) is 34.1 Å². The van der Waals surface area contributed by atoms with Gasteiger partial charge in [0, 0.05) is 19.0 Å². The van der Waals surface area contributed by atoms with Crippen molar-refractivity contribution in [1.82, 2.24) is 10.2 Å². The summed E-state index contributed by atoms with van der Waals surface area (Å²) in [4.78, 5) is 25.3. The van der Waals surface area contributed by atoms with Crippen LogP contribution in [0.4, 0.5) is 4.79 Å². The Morgan fingerprint density at radius 3 is 2.48 bits per heavy atom. The molecule has 0 saturated heterocycles. The molecule has 1 aliphatic heterocycles. The summed E-state index contributed by atoms with van der Waals surface area (Å²) in [7, 11) is 0. The second-order valence-electron chi connectivity index (χ2n) is 5.42. The minimum atomic E-state index is -0.954. The van der Waals surface area contributed by atoms with Crippen LogP contribution in [0.25, 0.3) is 0 Å². The first kappa shape index (κ1) is 15.4. The number of hydrogen-bond donors (Lipinski definition) is 2. The average molecular weight is 290 g/mol. The van der Waals surface area contributed by atoms with E-state index in [4.69, 9.17) is 0 Å². The van der Waals surface area contributed by atoms with Crippen LogP contribution in [-0.2, 0) is 17.8 Å². The number of carbonyl (C=O) groups is 2. The lowest BCUT2D eigenvalue weighted by Gasteiger charge is -2.35. The fourth-order valence-electron chi connectivity index (χ4n) is 2.71. The fraction of sp³-hybridized carbons (Fsp3) is 0.500. The molecule has 5 nitrogen and oxygen atoms in total. The molecule has 1 aliphatic rings. The van der Waals surface area contributed by atoms with E-state index in [1.165, 1.54) is 4.90 Å². The molecule has 0 radical (unpaired) electrons. The van der Waals surface area contributed by atoms with Crippen LogP contribution in [0.3, 0.4) is 0 Å². The number of nitrogens with zero attached hydrogens (tertiary/aromatic N) is 1. The standard InChI is InChI=1S/C16H22N2O3/c1-3-13(4-2)17-16(21)18-10-12-8-6-5-7-11(12)9-14(18)15(19)20/h5-8,13-14H,3-4,9-10H2,1-2H3,(H,17,21)(H,19,20)/t14-/m1/s1. The quantitative estimate of drug-likeness (QED) is 0.894. The summed E-state index contributed by atoms with van der Waals surface area (Å²) in [5.74, 6) is -0.954. The van der Waals surface area contributed by atoms with Crippen molar-refractivity contribution in [2.75, 3.05) is 0 Å². The Hall–Kier alpha value is -2.04. The lowest BCUT2D eigenvalue weighted by Crippen LogP contribution is -2.54. The van der Waals surface area contributed by atoms with E-state index in [0.29, 0.717) is 13.0 Å². The number of aliphatic carboxylic acids is 1. The van der Waals surface area contributed by atoms with E-state index >= 15 is 0 Å². The first-order valence-corrected chi connectivity index (χ1v) is 7.43. The molecule has 2 amide bonds. The number of carboxylic acid groups (broad SMARTS) is 1. The molecule has 1 heterocycles. The molecule has 2 rings (SSSR count). The van der Waals surface area contributed by atoms with Crippen LogP contribution in [0, 0.1) is 0 Å². The number of rotatable bonds is 4. The zero-order valence-electron chi connectivity index (χ0n) is 12.5. The van der Waals surface area contributed by atoms with Crippen molar-refractivity contribution >= 4 is 12.0 Å². The maximum atomic E-state index is 12.4. The number of urea groups is 1. The Kier molecular flexibility index (Phi) is 4.83. The molecule has 1 aromatic carbocycles. The minimum absolute atomic E-state index is 0.0871. The van der Waals surface area contributed by atoms with Gasteiger partial charge in [0.2, 0.25) is 0 Å². The van der Waals surface area contributed by atoms with Gasteiger partial charge in [0.1, 0.15) is 6.04 Å². The third kappa shape index (κ3) is 3.35. The number of carbonyl (C=O) groups excluding carboxylic acids is 1. The first-order chi connectivity index (χ1) is 10.1. The van der Waals surface area contributed by atoms with Gasteiger partial charge in [-0.2, -0.15) is 0 Å². The summed E-state index contributed by atoms with van der Waals surface area (Å²) in [5, 5.41) is 12.3. The van der Waals surface area contributed by atoms with E-state index in [1.54, 1.807) is 0 Å². The SMILES string of the molecule is CCC(CC)NC(=O)N1Cc2ccccc2C[C@@H]1C(=O)O. The molecular formula is C16H22N2O3. The number of nitrogens with one attached hydrogen (secondary N) is 1. The van der Waals surface area contributed by atoms with Crippen molar-refractivity contribution in [3.05, 3.63) is 35.4 Å². The van der Waals surface area contributed by atoms with E-state index in [0.717, 1.165) is 24.0 Å². The van der Waals surface area contributed by atoms with Crippen LogP contribution < -0.4 is 5.32 Å². The number of amides is 2. The summed E-state index contributed by atoms with van der Waals surface area (Å²) in [5.41, 5.74) is 2.03. The predicted molar refractivity (Wildman–Crippen MR) is 80.0 cm³/mol. The molecule has 0 aliphatic carbocycles. The molecule has 0 fully saturated rings. The van der Waals surface area contributed by atoms with Gasteiger partial charge in [-0.05, 0) is 24.0 Å². The van der Waals surface area contributed by atoms with E-state index in [-0.39, 0.29) is 12.1 Å². The molecule has 2 N–H and O–H groups in total. The Labute approximate surface area is 125 Å². The second kappa shape index (κ2) is 6.61. The molecule has 0 aromatic heterocycles. The van der Waals surface area contributed by atoms with Gasteiger partial charge in [0.15, 0.2) is 0 Å². The summed E-state index contributed by atoms with van der Waals surface area (Å²) in [6.07, 6.45) is 2.04. The van der Waals surface area contributed by atoms with Crippen LogP contribution >= 0.6 is 0 Å². The van der Waals surface area contributed by atoms with Crippen molar-refractivity contribution < 1.29 is 14.7 Å².